The summed E-state index contributed by atoms with van der Waals surface area (Å²) in [6.45, 7) is 1.42. The Morgan fingerprint density at radius 3 is 2.75 bits per heavy atom. The molecule has 9 heteroatoms. The standard InChI is InChI=1S/C15H17Cl2N3O2S.ClH/c1-22-14(21)9-20(8-12-7-19-15(18)23-12)5-4-10-2-3-11(16)6-13(10)17;/h2-3,6-7H,4-5,8-9H2,1H3,(H2,18,19);1H. The van der Waals surface area contributed by atoms with E-state index in [0.717, 1.165) is 10.4 Å². The molecule has 0 aliphatic carbocycles. The number of anilines is 1. The van der Waals surface area contributed by atoms with Crippen LogP contribution in [0, 0.1) is 0 Å². The monoisotopic (exact) mass is 409 g/mol. The third kappa shape index (κ3) is 6.45. The van der Waals surface area contributed by atoms with Crippen molar-refractivity contribution in [2.24, 2.45) is 0 Å². The van der Waals surface area contributed by atoms with Crippen LogP contribution >= 0.6 is 46.9 Å². The molecule has 0 saturated carbocycles. The second-order valence-electron chi connectivity index (χ2n) is 4.94. The van der Waals surface area contributed by atoms with E-state index in [9.17, 15) is 4.79 Å². The minimum atomic E-state index is -0.287. The van der Waals surface area contributed by atoms with Crippen LogP contribution in [0.15, 0.2) is 24.4 Å². The van der Waals surface area contributed by atoms with Crippen LogP contribution in [-0.2, 0) is 22.5 Å². The van der Waals surface area contributed by atoms with Gasteiger partial charge >= 0.3 is 5.97 Å². The van der Waals surface area contributed by atoms with Gasteiger partial charge in [-0.1, -0.05) is 29.3 Å². The Morgan fingerprint density at radius 1 is 1.42 bits per heavy atom. The molecule has 0 spiro atoms. The van der Waals surface area contributed by atoms with Gasteiger partial charge in [-0.2, -0.15) is 0 Å². The highest BCUT2D eigenvalue weighted by atomic mass is 35.5. The van der Waals surface area contributed by atoms with Gasteiger partial charge in [0.2, 0.25) is 0 Å². The molecule has 0 aliphatic rings. The summed E-state index contributed by atoms with van der Waals surface area (Å²) in [5.74, 6) is -0.287. The predicted octanol–water partition coefficient (Wildman–Crippen LogP) is 3.67. The van der Waals surface area contributed by atoms with Crippen LogP contribution in [0.1, 0.15) is 10.4 Å². The Morgan fingerprint density at radius 2 is 2.17 bits per heavy atom. The number of ether oxygens (including phenoxy) is 1. The van der Waals surface area contributed by atoms with Crippen LogP contribution in [0.4, 0.5) is 5.13 Å². The van der Waals surface area contributed by atoms with Gasteiger partial charge in [0.15, 0.2) is 5.13 Å². The molecule has 5 nitrogen and oxygen atoms in total. The highest BCUT2D eigenvalue weighted by Crippen LogP contribution is 2.22. The van der Waals surface area contributed by atoms with Gasteiger partial charge in [-0.25, -0.2) is 4.98 Å². The van der Waals surface area contributed by atoms with E-state index in [4.69, 9.17) is 33.7 Å². The molecule has 24 heavy (non-hydrogen) atoms. The van der Waals surface area contributed by atoms with Crippen LogP contribution in [0.3, 0.4) is 0 Å². The van der Waals surface area contributed by atoms with Crippen molar-refractivity contribution in [1.82, 2.24) is 9.88 Å². The molecule has 2 aromatic rings. The van der Waals surface area contributed by atoms with Crippen LogP contribution in [-0.4, -0.2) is 36.1 Å². The van der Waals surface area contributed by atoms with Crippen molar-refractivity contribution in [1.29, 1.82) is 0 Å². The van der Waals surface area contributed by atoms with Gasteiger partial charge in [-0.15, -0.1) is 23.7 Å². The average Bonchev–Trinajstić information content (AvgIpc) is 2.91. The summed E-state index contributed by atoms with van der Waals surface area (Å²) in [4.78, 5) is 18.6. The zero-order valence-corrected chi connectivity index (χ0v) is 16.1. The molecule has 0 unspecified atom stereocenters. The van der Waals surface area contributed by atoms with Gasteiger partial charge in [0, 0.05) is 34.2 Å². The zero-order valence-electron chi connectivity index (χ0n) is 13.0. The van der Waals surface area contributed by atoms with Crippen molar-refractivity contribution in [2.75, 3.05) is 25.9 Å². The molecular weight excluding hydrogens is 393 g/mol. The Hall–Kier alpha value is -1.05. The quantitative estimate of drug-likeness (QED) is 0.705. The molecule has 0 atom stereocenters. The first-order valence-electron chi connectivity index (χ1n) is 6.91. The Bertz CT molecular complexity index is 682. The first kappa shape index (κ1) is 21.0. The molecule has 2 N–H and O–H groups in total. The summed E-state index contributed by atoms with van der Waals surface area (Å²) < 4.78 is 4.75. The van der Waals surface area contributed by atoms with E-state index in [1.54, 1.807) is 18.3 Å². The van der Waals surface area contributed by atoms with Gasteiger partial charge in [-0.3, -0.25) is 9.69 Å². The first-order chi connectivity index (χ1) is 11.0. The minimum Gasteiger partial charge on any atom is -0.468 e. The van der Waals surface area contributed by atoms with E-state index in [2.05, 4.69) is 4.98 Å². The van der Waals surface area contributed by atoms with Crippen LogP contribution in [0.2, 0.25) is 10.0 Å². The molecule has 2 rings (SSSR count). The van der Waals surface area contributed by atoms with E-state index in [1.807, 2.05) is 11.0 Å². The normalized spacial score (nSPS) is 10.5. The largest absolute Gasteiger partial charge is 0.468 e. The lowest BCUT2D eigenvalue weighted by Crippen LogP contribution is -2.31. The molecular formula is C15H18Cl3N3O2S. The third-order valence-electron chi connectivity index (χ3n) is 3.24. The smallest absolute Gasteiger partial charge is 0.319 e. The number of rotatable bonds is 7. The van der Waals surface area contributed by atoms with Crippen molar-refractivity contribution in [2.45, 2.75) is 13.0 Å². The maximum absolute atomic E-state index is 11.6. The van der Waals surface area contributed by atoms with E-state index >= 15 is 0 Å². The maximum Gasteiger partial charge on any atom is 0.319 e. The number of hydrogen-bond donors (Lipinski definition) is 1. The number of halogens is 3. The number of carbonyl (C=O) groups excluding carboxylic acids is 1. The molecule has 0 radical (unpaired) electrons. The number of methoxy groups -OCH3 is 1. The molecule has 0 amide bonds. The summed E-state index contributed by atoms with van der Waals surface area (Å²) >= 11 is 13.5. The molecule has 132 valence electrons. The number of benzene rings is 1. The van der Waals surface area contributed by atoms with Crippen LogP contribution in [0.25, 0.3) is 0 Å². The van der Waals surface area contributed by atoms with Crippen molar-refractivity contribution >= 4 is 58.0 Å². The number of thiazole rings is 1. The number of nitrogen functional groups attached to an aromatic ring is 1. The SMILES string of the molecule is COC(=O)CN(CCc1ccc(Cl)cc1Cl)Cc1cnc(N)s1.Cl. The van der Waals surface area contributed by atoms with Crippen molar-refractivity contribution < 1.29 is 9.53 Å². The summed E-state index contributed by atoms with van der Waals surface area (Å²) in [6.07, 6.45) is 2.42. The fourth-order valence-electron chi connectivity index (χ4n) is 2.08. The summed E-state index contributed by atoms with van der Waals surface area (Å²) in [7, 11) is 1.38. The maximum atomic E-state index is 11.6. The zero-order chi connectivity index (χ0) is 16.8. The Labute approximate surface area is 161 Å². The first-order valence-corrected chi connectivity index (χ1v) is 8.48. The van der Waals surface area contributed by atoms with Gasteiger partial charge in [-0.05, 0) is 24.1 Å². The highest BCUT2D eigenvalue weighted by molar-refractivity contribution is 7.15. The van der Waals surface area contributed by atoms with E-state index in [0.29, 0.717) is 34.7 Å². The molecule has 0 aliphatic heterocycles. The molecule has 0 fully saturated rings. The summed E-state index contributed by atoms with van der Waals surface area (Å²) in [6, 6.07) is 5.41. The van der Waals surface area contributed by atoms with Crippen molar-refractivity contribution in [3.8, 4) is 0 Å². The minimum absolute atomic E-state index is 0. The second kappa shape index (κ2) is 10.1. The number of esters is 1. The van der Waals surface area contributed by atoms with Crippen molar-refractivity contribution in [3.05, 3.63) is 44.9 Å². The number of aromatic nitrogens is 1. The predicted molar refractivity (Wildman–Crippen MR) is 101 cm³/mol. The van der Waals surface area contributed by atoms with Gasteiger partial charge < -0.3 is 10.5 Å². The van der Waals surface area contributed by atoms with Gasteiger partial charge in [0.1, 0.15) is 0 Å². The fraction of sp³-hybridized carbons (Fsp3) is 0.333. The lowest BCUT2D eigenvalue weighted by molar-refractivity contribution is -0.142. The number of nitrogens with zero attached hydrogens (tertiary/aromatic N) is 2. The van der Waals surface area contributed by atoms with Gasteiger partial charge in [0.05, 0.1) is 13.7 Å². The molecule has 0 saturated heterocycles. The number of nitrogens with two attached hydrogens (primary N) is 1. The van der Waals surface area contributed by atoms with Crippen LogP contribution in [0.5, 0.6) is 0 Å². The number of hydrogen-bond acceptors (Lipinski definition) is 6. The van der Waals surface area contributed by atoms with E-state index in [1.165, 1.54) is 18.4 Å². The lowest BCUT2D eigenvalue weighted by Gasteiger charge is -2.20. The highest BCUT2D eigenvalue weighted by Gasteiger charge is 2.14. The Balaban J connectivity index is 0.00000288. The third-order valence-corrected chi connectivity index (χ3v) is 4.64. The summed E-state index contributed by atoms with van der Waals surface area (Å²) in [5.41, 5.74) is 6.63. The Kier molecular flexibility index (Phi) is 8.80. The van der Waals surface area contributed by atoms with Crippen molar-refractivity contribution in [3.63, 3.8) is 0 Å². The van der Waals surface area contributed by atoms with Gasteiger partial charge in [0.25, 0.3) is 0 Å². The molecule has 1 aromatic carbocycles. The number of carbonyl (C=O) groups is 1. The molecule has 1 aromatic heterocycles. The van der Waals surface area contributed by atoms with E-state index < -0.39 is 0 Å². The summed E-state index contributed by atoms with van der Waals surface area (Å²) in [5, 5.41) is 1.74. The van der Waals surface area contributed by atoms with E-state index in [-0.39, 0.29) is 24.9 Å². The second-order valence-corrected chi connectivity index (χ2v) is 6.93. The fourth-order valence-corrected chi connectivity index (χ4v) is 3.31. The molecule has 0 bridgehead atoms. The lowest BCUT2D eigenvalue weighted by atomic mass is 10.1. The topological polar surface area (TPSA) is 68.5 Å². The average molecular weight is 411 g/mol. The van der Waals surface area contributed by atoms with Crippen LogP contribution < -0.4 is 5.73 Å². The molecule has 1 heterocycles.